The minimum Gasteiger partial charge on any atom is -0.352 e. The Labute approximate surface area is 111 Å². The first-order valence-electron chi connectivity index (χ1n) is 5.49. The van der Waals surface area contributed by atoms with E-state index in [9.17, 15) is 4.79 Å². The van der Waals surface area contributed by atoms with Crippen molar-refractivity contribution < 1.29 is 4.79 Å². The van der Waals surface area contributed by atoms with Crippen molar-refractivity contribution >= 4 is 29.3 Å². The van der Waals surface area contributed by atoms with Gasteiger partial charge < -0.3 is 11.1 Å². The van der Waals surface area contributed by atoms with Crippen LogP contribution in [-0.2, 0) is 4.79 Å². The fourth-order valence-electron chi connectivity index (χ4n) is 1.20. The summed E-state index contributed by atoms with van der Waals surface area (Å²) in [5, 5.41) is 3.55. The van der Waals surface area contributed by atoms with Crippen LogP contribution in [0.4, 0.5) is 0 Å². The van der Waals surface area contributed by atoms with Crippen molar-refractivity contribution in [2.24, 2.45) is 5.73 Å². The standard InChI is InChI=1S/C12H17ClN2OS/c1-9(8-14)15-12(16)6-7-17-11-4-2-10(13)3-5-11/h2-5,9H,6-8,14H2,1H3,(H,15,16)/t9-/m0/s1. The van der Waals surface area contributed by atoms with Crippen molar-refractivity contribution in [3.05, 3.63) is 29.3 Å². The van der Waals surface area contributed by atoms with Crippen molar-refractivity contribution in [2.75, 3.05) is 12.3 Å². The average molecular weight is 273 g/mol. The second-order valence-electron chi connectivity index (χ2n) is 3.76. The molecule has 3 N–H and O–H groups in total. The molecule has 0 aliphatic rings. The number of nitrogens with two attached hydrogens (primary N) is 1. The predicted molar refractivity (Wildman–Crippen MR) is 73.5 cm³/mol. The number of hydrogen-bond acceptors (Lipinski definition) is 3. The zero-order valence-corrected chi connectivity index (χ0v) is 11.4. The van der Waals surface area contributed by atoms with Crippen LogP contribution in [0.15, 0.2) is 29.2 Å². The van der Waals surface area contributed by atoms with Crippen LogP contribution >= 0.6 is 23.4 Å². The molecule has 0 heterocycles. The van der Waals surface area contributed by atoms with E-state index in [4.69, 9.17) is 17.3 Å². The van der Waals surface area contributed by atoms with Crippen LogP contribution in [0.5, 0.6) is 0 Å². The molecule has 0 unspecified atom stereocenters. The summed E-state index contributed by atoms with van der Waals surface area (Å²) in [5.74, 6) is 0.800. The Bertz CT molecular complexity index is 356. The van der Waals surface area contributed by atoms with Crippen molar-refractivity contribution in [3.63, 3.8) is 0 Å². The van der Waals surface area contributed by atoms with Gasteiger partial charge in [0.15, 0.2) is 0 Å². The summed E-state index contributed by atoms with van der Waals surface area (Å²) in [6, 6.07) is 7.64. The number of rotatable bonds is 6. The Hall–Kier alpha value is -0.710. The lowest BCUT2D eigenvalue weighted by Gasteiger charge is -2.10. The highest BCUT2D eigenvalue weighted by Crippen LogP contribution is 2.20. The molecule has 0 saturated heterocycles. The average Bonchev–Trinajstić information content (AvgIpc) is 2.31. The maximum Gasteiger partial charge on any atom is 0.221 e. The van der Waals surface area contributed by atoms with Gasteiger partial charge in [-0.2, -0.15) is 0 Å². The van der Waals surface area contributed by atoms with Crippen LogP contribution in [0.2, 0.25) is 5.02 Å². The van der Waals surface area contributed by atoms with Gasteiger partial charge in [-0.05, 0) is 31.2 Å². The second-order valence-corrected chi connectivity index (χ2v) is 5.36. The molecule has 0 aliphatic carbocycles. The molecule has 1 aromatic rings. The third-order valence-electron chi connectivity index (χ3n) is 2.17. The van der Waals surface area contributed by atoms with Crippen LogP contribution in [-0.4, -0.2) is 24.2 Å². The molecule has 1 rings (SSSR count). The predicted octanol–water partition coefficient (Wildman–Crippen LogP) is 2.29. The van der Waals surface area contributed by atoms with Crippen molar-refractivity contribution in [3.8, 4) is 0 Å². The van der Waals surface area contributed by atoms with E-state index in [-0.39, 0.29) is 11.9 Å². The molecular weight excluding hydrogens is 256 g/mol. The number of carbonyl (C=O) groups excluding carboxylic acids is 1. The van der Waals surface area contributed by atoms with Gasteiger partial charge in [0.2, 0.25) is 5.91 Å². The normalized spacial score (nSPS) is 12.2. The molecule has 0 bridgehead atoms. The van der Waals surface area contributed by atoms with Crippen molar-refractivity contribution in [2.45, 2.75) is 24.3 Å². The summed E-state index contributed by atoms with van der Waals surface area (Å²) >= 11 is 7.43. The maximum absolute atomic E-state index is 11.5. The monoisotopic (exact) mass is 272 g/mol. The summed E-state index contributed by atoms with van der Waals surface area (Å²) in [4.78, 5) is 12.6. The minimum absolute atomic E-state index is 0.0445. The van der Waals surface area contributed by atoms with E-state index >= 15 is 0 Å². The molecule has 1 amide bonds. The van der Waals surface area contributed by atoms with Crippen LogP contribution in [0, 0.1) is 0 Å². The highest BCUT2D eigenvalue weighted by molar-refractivity contribution is 7.99. The Morgan fingerprint density at radius 1 is 1.47 bits per heavy atom. The van der Waals surface area contributed by atoms with Gasteiger partial charge in [-0.15, -0.1) is 11.8 Å². The summed E-state index contributed by atoms with van der Waals surface area (Å²) in [5.41, 5.74) is 5.42. The number of carbonyl (C=O) groups is 1. The highest BCUT2D eigenvalue weighted by atomic mass is 35.5. The van der Waals surface area contributed by atoms with Gasteiger partial charge in [0, 0.05) is 34.7 Å². The summed E-state index contributed by atoms with van der Waals surface area (Å²) < 4.78 is 0. The molecule has 1 atom stereocenters. The first-order valence-corrected chi connectivity index (χ1v) is 6.86. The number of halogens is 1. The van der Waals surface area contributed by atoms with Crippen LogP contribution < -0.4 is 11.1 Å². The van der Waals surface area contributed by atoms with E-state index in [1.807, 2.05) is 31.2 Å². The molecule has 0 saturated carbocycles. The van der Waals surface area contributed by atoms with E-state index in [2.05, 4.69) is 5.32 Å². The smallest absolute Gasteiger partial charge is 0.221 e. The second kappa shape index (κ2) is 7.58. The van der Waals surface area contributed by atoms with E-state index in [0.29, 0.717) is 13.0 Å². The third kappa shape index (κ3) is 5.96. The lowest BCUT2D eigenvalue weighted by molar-refractivity contribution is -0.121. The third-order valence-corrected chi connectivity index (χ3v) is 3.44. The lowest BCUT2D eigenvalue weighted by atomic mass is 10.3. The fourth-order valence-corrected chi connectivity index (χ4v) is 2.18. The molecule has 0 radical (unpaired) electrons. The van der Waals surface area contributed by atoms with Gasteiger partial charge in [0.25, 0.3) is 0 Å². The number of hydrogen-bond donors (Lipinski definition) is 2. The van der Waals surface area contributed by atoms with E-state index in [0.717, 1.165) is 15.7 Å². The highest BCUT2D eigenvalue weighted by Gasteiger charge is 2.05. The summed E-state index contributed by atoms with van der Waals surface area (Å²) in [6.45, 7) is 2.36. The minimum atomic E-state index is 0.0445. The maximum atomic E-state index is 11.5. The molecule has 1 aromatic carbocycles. The van der Waals surface area contributed by atoms with E-state index in [1.165, 1.54) is 0 Å². The largest absolute Gasteiger partial charge is 0.352 e. The summed E-state index contributed by atoms with van der Waals surface area (Å²) in [7, 11) is 0. The summed E-state index contributed by atoms with van der Waals surface area (Å²) in [6.07, 6.45) is 0.498. The molecule has 0 spiro atoms. The molecule has 3 nitrogen and oxygen atoms in total. The number of amides is 1. The van der Waals surface area contributed by atoms with Crippen molar-refractivity contribution in [1.29, 1.82) is 0 Å². The zero-order chi connectivity index (χ0) is 12.7. The fraction of sp³-hybridized carbons (Fsp3) is 0.417. The van der Waals surface area contributed by atoms with E-state index < -0.39 is 0 Å². The molecular formula is C12H17ClN2OS. The molecule has 0 aliphatic heterocycles. The van der Waals surface area contributed by atoms with Gasteiger partial charge >= 0.3 is 0 Å². The lowest BCUT2D eigenvalue weighted by Crippen LogP contribution is -2.37. The first kappa shape index (κ1) is 14.4. The molecule has 5 heteroatoms. The topological polar surface area (TPSA) is 55.1 Å². The van der Waals surface area contributed by atoms with E-state index in [1.54, 1.807) is 11.8 Å². The first-order chi connectivity index (χ1) is 8.11. The molecule has 0 aromatic heterocycles. The van der Waals surface area contributed by atoms with Gasteiger partial charge in [0.1, 0.15) is 0 Å². The van der Waals surface area contributed by atoms with Crippen LogP contribution in [0.1, 0.15) is 13.3 Å². The van der Waals surface area contributed by atoms with Gasteiger partial charge in [-0.3, -0.25) is 4.79 Å². The van der Waals surface area contributed by atoms with Gasteiger partial charge in [0.05, 0.1) is 0 Å². The molecule has 0 fully saturated rings. The van der Waals surface area contributed by atoms with Crippen LogP contribution in [0.25, 0.3) is 0 Å². The van der Waals surface area contributed by atoms with Gasteiger partial charge in [-0.25, -0.2) is 0 Å². The number of thioether (sulfide) groups is 1. The quantitative estimate of drug-likeness (QED) is 0.781. The van der Waals surface area contributed by atoms with Crippen molar-refractivity contribution in [1.82, 2.24) is 5.32 Å². The van der Waals surface area contributed by atoms with Crippen LogP contribution in [0.3, 0.4) is 0 Å². The Morgan fingerprint density at radius 3 is 2.71 bits per heavy atom. The molecule has 94 valence electrons. The van der Waals surface area contributed by atoms with Gasteiger partial charge in [-0.1, -0.05) is 11.6 Å². The Balaban J connectivity index is 2.23. The Kier molecular flexibility index (Phi) is 6.40. The molecule has 17 heavy (non-hydrogen) atoms. The SMILES string of the molecule is C[C@@H](CN)NC(=O)CCSc1ccc(Cl)cc1. The number of nitrogens with one attached hydrogen (secondary N) is 1. The number of benzene rings is 1. The zero-order valence-electron chi connectivity index (χ0n) is 9.78. The Morgan fingerprint density at radius 2 is 2.12 bits per heavy atom.